The van der Waals surface area contributed by atoms with Crippen molar-refractivity contribution in [3.8, 4) is 11.5 Å². The fourth-order valence-electron chi connectivity index (χ4n) is 2.09. The molecule has 0 fully saturated rings. The highest BCUT2D eigenvalue weighted by molar-refractivity contribution is 5.92. The summed E-state index contributed by atoms with van der Waals surface area (Å²) in [6.07, 6.45) is 3.21. The Bertz CT molecular complexity index is 690. The van der Waals surface area contributed by atoms with E-state index in [-0.39, 0.29) is 5.91 Å². The van der Waals surface area contributed by atoms with E-state index in [0.29, 0.717) is 18.0 Å². The van der Waals surface area contributed by atoms with E-state index >= 15 is 0 Å². The van der Waals surface area contributed by atoms with Crippen molar-refractivity contribution < 1.29 is 14.3 Å². The summed E-state index contributed by atoms with van der Waals surface area (Å²) in [6.45, 7) is 2.53. The molecule has 0 radical (unpaired) electrons. The van der Waals surface area contributed by atoms with Crippen molar-refractivity contribution in [2.24, 2.45) is 0 Å². The Morgan fingerprint density at radius 1 is 1.09 bits per heavy atom. The predicted octanol–water partition coefficient (Wildman–Crippen LogP) is 3.34. The van der Waals surface area contributed by atoms with Gasteiger partial charge in [0.05, 0.1) is 14.2 Å². The number of hydrogen-bond acceptors (Lipinski definition) is 3. The van der Waals surface area contributed by atoms with Gasteiger partial charge in [-0.05, 0) is 36.8 Å². The standard InChI is InChI=1S/C19H21NO3/c1-14-4-6-15(7-5-14)13-20-19(21)11-8-16-12-17(22-2)9-10-18(16)23-3/h4-12H,13H2,1-3H3,(H,20,21)/b11-8+. The molecule has 0 aromatic heterocycles. The van der Waals surface area contributed by atoms with Gasteiger partial charge in [0, 0.05) is 18.2 Å². The number of nitrogens with one attached hydrogen (secondary N) is 1. The molecular weight excluding hydrogens is 290 g/mol. The molecule has 0 aliphatic rings. The fourth-order valence-corrected chi connectivity index (χ4v) is 2.09. The second-order valence-electron chi connectivity index (χ2n) is 5.14. The number of hydrogen-bond donors (Lipinski definition) is 1. The average molecular weight is 311 g/mol. The van der Waals surface area contributed by atoms with Gasteiger partial charge in [-0.25, -0.2) is 0 Å². The van der Waals surface area contributed by atoms with Crippen molar-refractivity contribution in [1.29, 1.82) is 0 Å². The van der Waals surface area contributed by atoms with Crippen molar-refractivity contribution in [1.82, 2.24) is 5.32 Å². The van der Waals surface area contributed by atoms with E-state index in [2.05, 4.69) is 5.32 Å². The summed E-state index contributed by atoms with van der Waals surface area (Å²) in [5.41, 5.74) is 3.05. The quantitative estimate of drug-likeness (QED) is 0.832. The second kappa shape index (κ2) is 8.03. The highest BCUT2D eigenvalue weighted by Gasteiger charge is 2.03. The van der Waals surface area contributed by atoms with Gasteiger partial charge in [-0.1, -0.05) is 29.8 Å². The van der Waals surface area contributed by atoms with E-state index in [9.17, 15) is 4.79 Å². The Morgan fingerprint density at radius 2 is 1.83 bits per heavy atom. The van der Waals surface area contributed by atoms with Gasteiger partial charge in [-0.3, -0.25) is 4.79 Å². The Kier molecular flexibility index (Phi) is 5.80. The van der Waals surface area contributed by atoms with Crippen LogP contribution in [0.4, 0.5) is 0 Å². The summed E-state index contributed by atoms with van der Waals surface area (Å²) in [7, 11) is 3.19. The SMILES string of the molecule is COc1ccc(OC)c(/C=C/C(=O)NCc2ccc(C)cc2)c1. The third kappa shape index (κ3) is 4.88. The minimum absolute atomic E-state index is 0.157. The van der Waals surface area contributed by atoms with Gasteiger partial charge in [0.1, 0.15) is 11.5 Å². The zero-order chi connectivity index (χ0) is 16.7. The van der Waals surface area contributed by atoms with Gasteiger partial charge < -0.3 is 14.8 Å². The highest BCUT2D eigenvalue weighted by Crippen LogP contribution is 2.24. The molecule has 0 aliphatic carbocycles. The van der Waals surface area contributed by atoms with Crippen LogP contribution in [-0.4, -0.2) is 20.1 Å². The van der Waals surface area contributed by atoms with E-state index in [1.807, 2.05) is 49.4 Å². The minimum atomic E-state index is -0.157. The molecule has 2 rings (SSSR count). The van der Waals surface area contributed by atoms with Gasteiger partial charge in [-0.2, -0.15) is 0 Å². The average Bonchev–Trinajstić information content (AvgIpc) is 2.59. The Labute approximate surface area is 136 Å². The number of benzene rings is 2. The summed E-state index contributed by atoms with van der Waals surface area (Å²) in [5.74, 6) is 1.24. The summed E-state index contributed by atoms with van der Waals surface area (Å²) in [4.78, 5) is 11.9. The van der Waals surface area contributed by atoms with Crippen molar-refractivity contribution in [3.63, 3.8) is 0 Å². The summed E-state index contributed by atoms with van der Waals surface area (Å²) >= 11 is 0. The Balaban J connectivity index is 1.99. The molecule has 2 aromatic carbocycles. The molecule has 0 atom stereocenters. The second-order valence-corrected chi connectivity index (χ2v) is 5.14. The van der Waals surface area contributed by atoms with Crippen LogP contribution in [0.3, 0.4) is 0 Å². The molecule has 0 saturated carbocycles. The summed E-state index contributed by atoms with van der Waals surface area (Å²) in [5, 5.41) is 2.86. The van der Waals surface area contributed by atoms with Crippen LogP contribution in [0.2, 0.25) is 0 Å². The number of ether oxygens (including phenoxy) is 2. The molecule has 23 heavy (non-hydrogen) atoms. The first-order valence-corrected chi connectivity index (χ1v) is 7.36. The lowest BCUT2D eigenvalue weighted by molar-refractivity contribution is -0.116. The van der Waals surface area contributed by atoms with Crippen LogP contribution in [0.1, 0.15) is 16.7 Å². The molecule has 0 saturated heterocycles. The number of amides is 1. The normalized spacial score (nSPS) is 10.6. The molecule has 1 amide bonds. The smallest absolute Gasteiger partial charge is 0.244 e. The largest absolute Gasteiger partial charge is 0.497 e. The van der Waals surface area contributed by atoms with Gasteiger partial charge in [0.15, 0.2) is 0 Å². The monoisotopic (exact) mass is 311 g/mol. The molecule has 0 heterocycles. The van der Waals surface area contributed by atoms with Crippen molar-refractivity contribution in [3.05, 3.63) is 65.2 Å². The van der Waals surface area contributed by atoms with Crippen LogP contribution in [0.15, 0.2) is 48.5 Å². The van der Waals surface area contributed by atoms with Gasteiger partial charge >= 0.3 is 0 Å². The van der Waals surface area contributed by atoms with Gasteiger partial charge in [0.2, 0.25) is 5.91 Å². The lowest BCUT2D eigenvalue weighted by Crippen LogP contribution is -2.20. The maximum absolute atomic E-state index is 11.9. The molecule has 4 heteroatoms. The fraction of sp³-hybridized carbons (Fsp3) is 0.211. The highest BCUT2D eigenvalue weighted by atomic mass is 16.5. The van der Waals surface area contributed by atoms with Crippen LogP contribution >= 0.6 is 0 Å². The maximum atomic E-state index is 11.9. The first-order chi connectivity index (χ1) is 11.1. The topological polar surface area (TPSA) is 47.6 Å². The number of carbonyl (C=O) groups is 1. The Morgan fingerprint density at radius 3 is 2.48 bits per heavy atom. The number of aryl methyl sites for hydroxylation is 1. The molecular formula is C19H21NO3. The number of carbonyl (C=O) groups excluding carboxylic acids is 1. The van der Waals surface area contributed by atoms with Crippen LogP contribution in [0, 0.1) is 6.92 Å². The lowest BCUT2D eigenvalue weighted by atomic mass is 10.1. The van der Waals surface area contributed by atoms with Crippen molar-refractivity contribution in [2.45, 2.75) is 13.5 Å². The molecule has 120 valence electrons. The first-order valence-electron chi connectivity index (χ1n) is 7.36. The van der Waals surface area contributed by atoms with Gasteiger partial charge in [-0.15, -0.1) is 0 Å². The molecule has 0 unspecified atom stereocenters. The Hall–Kier alpha value is -2.75. The van der Waals surface area contributed by atoms with E-state index < -0.39 is 0 Å². The molecule has 1 N–H and O–H groups in total. The molecule has 4 nitrogen and oxygen atoms in total. The summed E-state index contributed by atoms with van der Waals surface area (Å²) < 4.78 is 10.5. The molecule has 0 bridgehead atoms. The van der Waals surface area contributed by atoms with E-state index in [4.69, 9.17) is 9.47 Å². The lowest BCUT2D eigenvalue weighted by Gasteiger charge is -2.07. The van der Waals surface area contributed by atoms with Crippen LogP contribution in [0.5, 0.6) is 11.5 Å². The zero-order valence-electron chi connectivity index (χ0n) is 13.6. The van der Waals surface area contributed by atoms with Crippen LogP contribution < -0.4 is 14.8 Å². The number of rotatable bonds is 6. The first kappa shape index (κ1) is 16.6. The molecule has 0 aliphatic heterocycles. The summed E-state index contributed by atoms with van der Waals surface area (Å²) in [6, 6.07) is 13.5. The number of methoxy groups -OCH3 is 2. The van der Waals surface area contributed by atoms with E-state index in [1.165, 1.54) is 11.6 Å². The van der Waals surface area contributed by atoms with Crippen molar-refractivity contribution in [2.75, 3.05) is 14.2 Å². The van der Waals surface area contributed by atoms with Crippen LogP contribution in [0.25, 0.3) is 6.08 Å². The van der Waals surface area contributed by atoms with Crippen LogP contribution in [-0.2, 0) is 11.3 Å². The zero-order valence-corrected chi connectivity index (χ0v) is 13.6. The maximum Gasteiger partial charge on any atom is 0.244 e. The van der Waals surface area contributed by atoms with Gasteiger partial charge in [0.25, 0.3) is 0 Å². The predicted molar refractivity (Wildman–Crippen MR) is 91.6 cm³/mol. The van der Waals surface area contributed by atoms with Crippen molar-refractivity contribution >= 4 is 12.0 Å². The third-order valence-electron chi connectivity index (χ3n) is 3.44. The molecule has 0 spiro atoms. The van der Waals surface area contributed by atoms with E-state index in [1.54, 1.807) is 20.3 Å². The van der Waals surface area contributed by atoms with E-state index in [0.717, 1.165) is 11.1 Å². The molecule has 2 aromatic rings. The minimum Gasteiger partial charge on any atom is -0.497 e. The third-order valence-corrected chi connectivity index (χ3v) is 3.44.